The summed E-state index contributed by atoms with van der Waals surface area (Å²) in [7, 11) is 0. The lowest BCUT2D eigenvalue weighted by molar-refractivity contribution is -0.123. The first-order chi connectivity index (χ1) is 15.4. The minimum Gasteiger partial charge on any atom is -0.378 e. The second-order valence-electron chi connectivity index (χ2n) is 6.91. The zero-order chi connectivity index (χ0) is 22.6. The summed E-state index contributed by atoms with van der Waals surface area (Å²) in [4.78, 5) is 27.5. The van der Waals surface area contributed by atoms with Crippen LogP contribution in [-0.4, -0.2) is 59.9 Å². The predicted octanol–water partition coefficient (Wildman–Crippen LogP) is 3.47. The number of anilines is 3. The number of hydrogen-bond donors (Lipinski definition) is 2. The molecule has 3 aromatic rings. The Bertz CT molecular complexity index is 1080. The maximum atomic E-state index is 12.3. The highest BCUT2D eigenvalue weighted by Gasteiger charge is 2.28. The summed E-state index contributed by atoms with van der Waals surface area (Å²) in [6, 6.07) is 5.34. The monoisotopic (exact) mass is 464 g/mol. The lowest BCUT2D eigenvalue weighted by Gasteiger charge is -2.28. The fourth-order valence-electron chi connectivity index (χ4n) is 3.06. The number of nitrogens with one attached hydrogen (secondary N) is 2. The standard InChI is InChI=1S/C20H19F3N6O2S/c21-20(22,23)12-27-18(30)14-7-13(9-24-10-14)16-11-26-19(32-16)28-17-8-15(1-2-25-17)29-3-5-31-6-4-29/h1-2,7-11H,3-6,12H2,(H,27,30)(H,25,26,28). The first-order valence-electron chi connectivity index (χ1n) is 9.69. The van der Waals surface area contributed by atoms with Crippen molar-refractivity contribution in [1.29, 1.82) is 0 Å². The molecule has 1 aliphatic rings. The maximum absolute atomic E-state index is 12.3. The van der Waals surface area contributed by atoms with Crippen LogP contribution in [0, 0.1) is 0 Å². The number of aromatic nitrogens is 3. The van der Waals surface area contributed by atoms with Gasteiger partial charge in [-0.2, -0.15) is 13.2 Å². The average molecular weight is 464 g/mol. The van der Waals surface area contributed by atoms with Crippen LogP contribution in [-0.2, 0) is 4.74 Å². The molecule has 4 heterocycles. The number of hydrogen-bond acceptors (Lipinski definition) is 8. The molecule has 1 amide bonds. The number of ether oxygens (including phenoxy) is 1. The van der Waals surface area contributed by atoms with E-state index in [4.69, 9.17) is 4.74 Å². The van der Waals surface area contributed by atoms with Crippen LogP contribution in [0.1, 0.15) is 10.4 Å². The third-order valence-corrected chi connectivity index (χ3v) is 5.56. The minimum absolute atomic E-state index is 0.0366. The number of morpholine rings is 1. The Hall–Kier alpha value is -3.25. The fraction of sp³-hybridized carbons (Fsp3) is 0.300. The molecule has 0 atom stereocenters. The van der Waals surface area contributed by atoms with Crippen molar-refractivity contribution < 1.29 is 22.7 Å². The fourth-order valence-corrected chi connectivity index (χ4v) is 3.87. The molecule has 0 unspecified atom stereocenters. The van der Waals surface area contributed by atoms with Gasteiger partial charge in [0.15, 0.2) is 5.13 Å². The molecule has 1 fully saturated rings. The normalized spacial score (nSPS) is 14.3. The van der Waals surface area contributed by atoms with Crippen molar-refractivity contribution >= 4 is 33.9 Å². The minimum atomic E-state index is -4.48. The number of amides is 1. The van der Waals surface area contributed by atoms with Crippen molar-refractivity contribution in [3.63, 3.8) is 0 Å². The Labute approximate surface area is 185 Å². The number of nitrogens with zero attached hydrogens (tertiary/aromatic N) is 4. The summed E-state index contributed by atoms with van der Waals surface area (Å²) >= 11 is 1.31. The molecule has 0 bridgehead atoms. The van der Waals surface area contributed by atoms with Crippen LogP contribution in [0.3, 0.4) is 0 Å². The molecule has 32 heavy (non-hydrogen) atoms. The molecule has 0 aromatic carbocycles. The van der Waals surface area contributed by atoms with Crippen molar-refractivity contribution in [2.75, 3.05) is 43.1 Å². The van der Waals surface area contributed by atoms with E-state index >= 15 is 0 Å². The molecule has 1 saturated heterocycles. The highest BCUT2D eigenvalue weighted by molar-refractivity contribution is 7.18. The molecule has 0 radical (unpaired) electrons. The number of pyridine rings is 2. The van der Waals surface area contributed by atoms with Gasteiger partial charge >= 0.3 is 6.18 Å². The Kier molecular flexibility index (Phi) is 6.51. The van der Waals surface area contributed by atoms with Gasteiger partial charge < -0.3 is 20.3 Å². The van der Waals surface area contributed by atoms with E-state index in [-0.39, 0.29) is 5.56 Å². The molecule has 8 nitrogen and oxygen atoms in total. The van der Waals surface area contributed by atoms with Crippen molar-refractivity contribution in [2.45, 2.75) is 6.18 Å². The smallest absolute Gasteiger partial charge is 0.378 e. The van der Waals surface area contributed by atoms with Crippen molar-refractivity contribution in [1.82, 2.24) is 20.3 Å². The van der Waals surface area contributed by atoms with E-state index in [9.17, 15) is 18.0 Å². The number of alkyl halides is 3. The van der Waals surface area contributed by atoms with Gasteiger partial charge in [-0.05, 0) is 12.1 Å². The van der Waals surface area contributed by atoms with E-state index in [1.54, 1.807) is 12.4 Å². The quantitative estimate of drug-likeness (QED) is 0.577. The van der Waals surface area contributed by atoms with Crippen LogP contribution >= 0.6 is 11.3 Å². The molecular weight excluding hydrogens is 445 g/mol. The van der Waals surface area contributed by atoms with E-state index in [1.807, 2.05) is 17.4 Å². The van der Waals surface area contributed by atoms with Crippen LogP contribution in [0.25, 0.3) is 10.4 Å². The third-order valence-electron chi connectivity index (χ3n) is 4.59. The maximum Gasteiger partial charge on any atom is 0.405 e. The molecule has 4 rings (SSSR count). The van der Waals surface area contributed by atoms with E-state index < -0.39 is 18.6 Å². The number of rotatable bonds is 6. The second kappa shape index (κ2) is 9.49. The van der Waals surface area contributed by atoms with E-state index in [0.717, 1.165) is 18.8 Å². The SMILES string of the molecule is O=C(NCC(F)(F)F)c1cncc(-c2cnc(Nc3cc(N4CCOCC4)ccn3)s2)c1. The van der Waals surface area contributed by atoms with Gasteiger partial charge in [0.05, 0.1) is 23.7 Å². The third kappa shape index (κ3) is 5.71. The van der Waals surface area contributed by atoms with Gasteiger partial charge in [0, 0.05) is 55.2 Å². The lowest BCUT2D eigenvalue weighted by Crippen LogP contribution is -2.36. The van der Waals surface area contributed by atoms with Gasteiger partial charge in [0.25, 0.3) is 5.91 Å². The number of halogens is 3. The molecule has 2 N–H and O–H groups in total. The molecule has 0 saturated carbocycles. The topological polar surface area (TPSA) is 92.3 Å². The van der Waals surface area contributed by atoms with Gasteiger partial charge in [-0.15, -0.1) is 0 Å². The van der Waals surface area contributed by atoms with Gasteiger partial charge in [-0.3, -0.25) is 9.78 Å². The Balaban J connectivity index is 1.45. The van der Waals surface area contributed by atoms with Crippen LogP contribution in [0.15, 0.2) is 43.0 Å². The predicted molar refractivity (Wildman–Crippen MR) is 114 cm³/mol. The summed E-state index contributed by atoms with van der Waals surface area (Å²) in [5.74, 6) is -0.211. The zero-order valence-electron chi connectivity index (χ0n) is 16.7. The molecule has 168 valence electrons. The first-order valence-corrected chi connectivity index (χ1v) is 10.5. The summed E-state index contributed by atoms with van der Waals surface area (Å²) in [6.07, 6.45) is 1.58. The van der Waals surface area contributed by atoms with Crippen LogP contribution in [0.4, 0.5) is 29.8 Å². The van der Waals surface area contributed by atoms with Crippen LogP contribution < -0.4 is 15.5 Å². The number of carbonyl (C=O) groups excluding carboxylic acids is 1. The van der Waals surface area contributed by atoms with Crippen LogP contribution in [0.5, 0.6) is 0 Å². The van der Waals surface area contributed by atoms with Crippen molar-refractivity contribution in [3.05, 3.63) is 48.5 Å². The average Bonchev–Trinajstić information content (AvgIpc) is 3.26. The molecule has 3 aromatic heterocycles. The van der Waals surface area contributed by atoms with E-state index in [2.05, 4.69) is 25.2 Å². The molecule has 0 spiro atoms. The van der Waals surface area contributed by atoms with Crippen molar-refractivity contribution in [2.24, 2.45) is 0 Å². The lowest BCUT2D eigenvalue weighted by atomic mass is 10.2. The van der Waals surface area contributed by atoms with Crippen LogP contribution in [0.2, 0.25) is 0 Å². The summed E-state index contributed by atoms with van der Waals surface area (Å²) in [5.41, 5.74) is 1.64. The molecule has 1 aliphatic heterocycles. The zero-order valence-corrected chi connectivity index (χ0v) is 17.5. The van der Waals surface area contributed by atoms with Gasteiger partial charge in [0.2, 0.25) is 0 Å². The largest absolute Gasteiger partial charge is 0.405 e. The van der Waals surface area contributed by atoms with Gasteiger partial charge in [0.1, 0.15) is 12.4 Å². The highest BCUT2D eigenvalue weighted by Crippen LogP contribution is 2.31. The summed E-state index contributed by atoms with van der Waals surface area (Å²) in [5, 5.41) is 5.58. The molecular formula is C20H19F3N6O2S. The Morgan fingerprint density at radius 2 is 1.97 bits per heavy atom. The number of carbonyl (C=O) groups is 1. The summed E-state index contributed by atoms with van der Waals surface area (Å²) in [6.45, 7) is 1.58. The first kappa shape index (κ1) is 22.0. The molecule has 0 aliphatic carbocycles. The summed E-state index contributed by atoms with van der Waals surface area (Å²) < 4.78 is 42.4. The van der Waals surface area contributed by atoms with Gasteiger partial charge in [-0.25, -0.2) is 9.97 Å². The Morgan fingerprint density at radius 1 is 1.16 bits per heavy atom. The van der Waals surface area contributed by atoms with E-state index in [1.165, 1.54) is 29.8 Å². The second-order valence-corrected chi connectivity index (χ2v) is 7.94. The Morgan fingerprint density at radius 3 is 2.75 bits per heavy atom. The van der Waals surface area contributed by atoms with Gasteiger partial charge in [-0.1, -0.05) is 11.3 Å². The molecule has 12 heteroatoms. The highest BCUT2D eigenvalue weighted by atomic mass is 32.1. The number of thiazole rings is 1. The van der Waals surface area contributed by atoms with Crippen molar-refractivity contribution in [3.8, 4) is 10.4 Å². The van der Waals surface area contributed by atoms with E-state index in [0.29, 0.717) is 34.6 Å².